The minimum Gasteiger partial charge on any atom is -0.376 e. The predicted octanol–water partition coefficient (Wildman–Crippen LogP) is 3.66. The first-order valence-corrected chi connectivity index (χ1v) is 13.6. The zero-order valence-electron chi connectivity index (χ0n) is 19.8. The molecule has 2 heterocycles. The molecule has 0 saturated carbocycles. The molecule has 0 aliphatic carbocycles. The lowest BCUT2D eigenvalue weighted by atomic mass is 9.95. The maximum atomic E-state index is 13.2. The Hall–Kier alpha value is -2.15. The lowest BCUT2D eigenvalue weighted by Gasteiger charge is -2.44. The monoisotopic (exact) mass is 533 g/mol. The third kappa shape index (κ3) is 5.82. The minimum absolute atomic E-state index is 0.121. The van der Waals surface area contributed by atoms with Crippen LogP contribution >= 0.6 is 11.3 Å². The molecular formula is C23H30F3N3O4S2. The predicted molar refractivity (Wildman–Crippen MR) is 129 cm³/mol. The number of halogens is 3. The Morgan fingerprint density at radius 1 is 1.20 bits per heavy atom. The summed E-state index contributed by atoms with van der Waals surface area (Å²) in [4.78, 5) is 15.8. The Labute approximate surface area is 207 Å². The third-order valence-corrected chi connectivity index (χ3v) is 9.46. The molecule has 2 atom stereocenters. The molecule has 7 nitrogen and oxygen atoms in total. The number of carbonyl (C=O) groups is 1. The molecule has 1 aromatic carbocycles. The first kappa shape index (κ1) is 27.4. The second-order valence-corrected chi connectivity index (χ2v) is 11.8. The first-order valence-electron chi connectivity index (χ1n) is 11.2. The number of carbonyl (C=O) groups excluding carboxylic acids is 1. The summed E-state index contributed by atoms with van der Waals surface area (Å²) in [6.07, 6.45) is -4.11. The van der Waals surface area contributed by atoms with E-state index in [1.54, 1.807) is 22.4 Å². The molecule has 0 bridgehead atoms. The maximum absolute atomic E-state index is 13.2. The number of alkyl halides is 3. The van der Waals surface area contributed by atoms with E-state index in [1.165, 1.54) is 35.5 Å². The van der Waals surface area contributed by atoms with Gasteiger partial charge in [0.15, 0.2) is 5.60 Å². The number of aliphatic hydroxyl groups is 1. The third-order valence-electron chi connectivity index (χ3n) is 6.22. The van der Waals surface area contributed by atoms with Crippen LogP contribution in [-0.4, -0.2) is 73.6 Å². The number of nitrogens with zero attached hydrogens (tertiary/aromatic N) is 3. The number of piperazine rings is 1. The van der Waals surface area contributed by atoms with Crippen molar-refractivity contribution in [2.45, 2.75) is 49.2 Å². The van der Waals surface area contributed by atoms with E-state index in [9.17, 15) is 31.5 Å². The average molecular weight is 534 g/mol. The summed E-state index contributed by atoms with van der Waals surface area (Å²) < 4.78 is 67.6. The van der Waals surface area contributed by atoms with Crippen LogP contribution < -0.4 is 4.90 Å². The van der Waals surface area contributed by atoms with E-state index in [2.05, 4.69) is 0 Å². The van der Waals surface area contributed by atoms with Gasteiger partial charge in [-0.2, -0.15) is 17.5 Å². The van der Waals surface area contributed by atoms with E-state index in [4.69, 9.17) is 0 Å². The van der Waals surface area contributed by atoms with Crippen LogP contribution in [0.15, 0.2) is 46.0 Å². The number of sulfonamides is 1. The molecule has 1 fully saturated rings. The highest BCUT2D eigenvalue weighted by atomic mass is 32.2. The van der Waals surface area contributed by atoms with Crippen molar-refractivity contribution in [1.29, 1.82) is 0 Å². The summed E-state index contributed by atoms with van der Waals surface area (Å²) in [7, 11) is -3.70. The zero-order chi connectivity index (χ0) is 26.0. The average Bonchev–Trinajstić information content (AvgIpc) is 3.34. The molecule has 12 heteroatoms. The molecular weight excluding hydrogens is 503 g/mol. The van der Waals surface area contributed by atoms with Crippen LogP contribution in [-0.2, 0) is 20.4 Å². The highest BCUT2D eigenvalue weighted by molar-refractivity contribution is 7.91. The number of thiophene rings is 1. The molecule has 1 saturated heterocycles. The number of anilines is 1. The molecule has 0 radical (unpaired) electrons. The van der Waals surface area contributed by atoms with E-state index in [-0.39, 0.29) is 35.3 Å². The van der Waals surface area contributed by atoms with Gasteiger partial charge in [-0.15, -0.1) is 11.3 Å². The lowest BCUT2D eigenvalue weighted by Crippen LogP contribution is -2.58. The Balaban J connectivity index is 1.91. The second-order valence-electron chi connectivity index (χ2n) is 8.72. The fourth-order valence-corrected chi connectivity index (χ4v) is 6.73. The van der Waals surface area contributed by atoms with Gasteiger partial charge in [0.05, 0.1) is 6.04 Å². The molecule has 1 N–H and O–H groups in total. The Bertz CT molecular complexity index is 1100. The SMILES string of the molecule is CCCN(C[C@H]1CN(S(=O)(=O)c2cccs2)CCN1c1ccc([C@](C)(O)C(F)(F)F)cc1)C(C)=O. The van der Waals surface area contributed by atoms with Crippen molar-refractivity contribution in [2.24, 2.45) is 0 Å². The first-order chi connectivity index (χ1) is 16.3. The van der Waals surface area contributed by atoms with Gasteiger partial charge in [0.2, 0.25) is 5.91 Å². The number of benzene rings is 1. The second kappa shape index (κ2) is 10.5. The van der Waals surface area contributed by atoms with Crippen molar-refractivity contribution in [1.82, 2.24) is 9.21 Å². The van der Waals surface area contributed by atoms with Gasteiger partial charge < -0.3 is 14.9 Å². The summed E-state index contributed by atoms with van der Waals surface area (Å²) >= 11 is 1.13. The van der Waals surface area contributed by atoms with Crippen molar-refractivity contribution in [3.05, 3.63) is 47.3 Å². The fraction of sp³-hybridized carbons (Fsp3) is 0.522. The van der Waals surface area contributed by atoms with Crippen LogP contribution in [0, 0.1) is 0 Å². The Kier molecular flexibility index (Phi) is 8.19. The summed E-state index contributed by atoms with van der Waals surface area (Å²) in [6, 6.07) is 8.23. The lowest BCUT2D eigenvalue weighted by molar-refractivity contribution is -0.258. The Morgan fingerprint density at radius 2 is 1.86 bits per heavy atom. The summed E-state index contributed by atoms with van der Waals surface area (Å²) in [5.41, 5.74) is -2.70. The van der Waals surface area contributed by atoms with Crippen LogP contribution in [0.1, 0.15) is 32.8 Å². The molecule has 3 rings (SSSR count). The van der Waals surface area contributed by atoms with Gasteiger partial charge in [0.1, 0.15) is 4.21 Å². The van der Waals surface area contributed by atoms with E-state index in [0.717, 1.165) is 17.8 Å². The van der Waals surface area contributed by atoms with Crippen molar-refractivity contribution >= 4 is 33.0 Å². The molecule has 194 valence electrons. The quantitative estimate of drug-likeness (QED) is 0.560. The molecule has 2 aromatic rings. The molecule has 0 spiro atoms. The summed E-state index contributed by atoms with van der Waals surface area (Å²) in [6.45, 7) is 5.47. The van der Waals surface area contributed by atoms with Crippen LogP contribution in [0.3, 0.4) is 0 Å². The summed E-state index contributed by atoms with van der Waals surface area (Å²) in [5, 5.41) is 11.7. The number of hydrogen-bond donors (Lipinski definition) is 1. The molecule has 1 aliphatic heterocycles. The molecule has 1 aliphatic rings. The normalized spacial score (nSPS) is 19.4. The molecule has 1 aromatic heterocycles. The van der Waals surface area contributed by atoms with E-state index < -0.39 is 27.8 Å². The zero-order valence-corrected chi connectivity index (χ0v) is 21.5. The summed E-state index contributed by atoms with van der Waals surface area (Å²) in [5.74, 6) is -0.137. The smallest absolute Gasteiger partial charge is 0.376 e. The number of amides is 1. The molecule has 0 unspecified atom stereocenters. The van der Waals surface area contributed by atoms with Crippen molar-refractivity contribution in [2.75, 3.05) is 37.6 Å². The molecule has 1 amide bonds. The van der Waals surface area contributed by atoms with Crippen LogP contribution in [0.25, 0.3) is 0 Å². The highest BCUT2D eigenvalue weighted by Gasteiger charge is 2.51. The largest absolute Gasteiger partial charge is 0.421 e. The van der Waals surface area contributed by atoms with Gasteiger partial charge in [-0.25, -0.2) is 8.42 Å². The van der Waals surface area contributed by atoms with E-state index in [0.29, 0.717) is 25.7 Å². The number of rotatable bonds is 8. The van der Waals surface area contributed by atoms with E-state index in [1.807, 2.05) is 11.8 Å². The minimum atomic E-state index is -4.83. The molecule has 35 heavy (non-hydrogen) atoms. The van der Waals surface area contributed by atoms with Gasteiger partial charge >= 0.3 is 6.18 Å². The van der Waals surface area contributed by atoms with Crippen LogP contribution in [0.4, 0.5) is 18.9 Å². The topological polar surface area (TPSA) is 81.2 Å². The van der Waals surface area contributed by atoms with Crippen molar-refractivity contribution in [3.63, 3.8) is 0 Å². The van der Waals surface area contributed by atoms with Crippen molar-refractivity contribution < 1.29 is 31.5 Å². The number of hydrogen-bond acceptors (Lipinski definition) is 6. The van der Waals surface area contributed by atoms with Gasteiger partial charge in [0.25, 0.3) is 10.0 Å². The van der Waals surface area contributed by atoms with Crippen LogP contribution in [0.5, 0.6) is 0 Å². The van der Waals surface area contributed by atoms with E-state index >= 15 is 0 Å². The highest BCUT2D eigenvalue weighted by Crippen LogP contribution is 2.39. The van der Waals surface area contributed by atoms with Gasteiger partial charge in [-0.3, -0.25) is 4.79 Å². The van der Waals surface area contributed by atoms with Gasteiger partial charge in [-0.05, 0) is 42.5 Å². The maximum Gasteiger partial charge on any atom is 0.421 e. The fourth-order valence-electron chi connectivity index (χ4n) is 4.12. The van der Waals surface area contributed by atoms with Gasteiger partial charge in [-0.1, -0.05) is 25.1 Å². The standard InChI is InChI=1S/C23H30F3N3O4S2/c1-4-11-27(17(2)30)15-20-16-28(35(32,33)21-6-5-14-34-21)12-13-29(20)19-9-7-18(8-10-19)22(3,31)23(24,25)26/h5-10,14,20,31H,4,11-13,15-16H2,1-3H3/t20-,22-/m0/s1. The van der Waals surface area contributed by atoms with Crippen LogP contribution in [0.2, 0.25) is 0 Å². The Morgan fingerprint density at radius 3 is 2.37 bits per heavy atom. The van der Waals surface area contributed by atoms with Crippen molar-refractivity contribution in [3.8, 4) is 0 Å². The van der Waals surface area contributed by atoms with Gasteiger partial charge in [0, 0.05) is 45.3 Å².